The van der Waals surface area contributed by atoms with Gasteiger partial charge in [-0.05, 0) is 30.3 Å². The van der Waals surface area contributed by atoms with Crippen molar-refractivity contribution in [2.75, 3.05) is 10.6 Å². The van der Waals surface area contributed by atoms with E-state index in [2.05, 4.69) is 10.6 Å². The van der Waals surface area contributed by atoms with Gasteiger partial charge in [0, 0.05) is 29.7 Å². The molecule has 2 aromatic rings. The summed E-state index contributed by atoms with van der Waals surface area (Å²) in [6.45, 7) is 0. The summed E-state index contributed by atoms with van der Waals surface area (Å²) < 4.78 is 0. The molecule has 0 aromatic heterocycles. The zero-order chi connectivity index (χ0) is 19.1. The number of amides is 1. The Balaban J connectivity index is 2.09. The molecular formula is C17H12N4O5. The molecule has 0 fully saturated rings. The number of nitriles is 1. The topological polar surface area (TPSA) is 145 Å². The maximum atomic E-state index is 12.1. The second kappa shape index (κ2) is 8.07. The maximum absolute atomic E-state index is 12.1. The third kappa shape index (κ3) is 4.65. The normalized spacial score (nSPS) is 10.5. The highest BCUT2D eigenvalue weighted by atomic mass is 16.6. The van der Waals surface area contributed by atoms with Crippen LogP contribution in [0.4, 0.5) is 17.1 Å². The fourth-order valence-electron chi connectivity index (χ4n) is 1.91. The van der Waals surface area contributed by atoms with Crippen molar-refractivity contribution >= 4 is 28.9 Å². The highest BCUT2D eigenvalue weighted by molar-refractivity contribution is 6.06. The number of nitro benzene ring substituents is 1. The maximum Gasteiger partial charge on any atom is 0.335 e. The number of carbonyl (C=O) groups excluding carboxylic acids is 1. The van der Waals surface area contributed by atoms with Crippen molar-refractivity contribution in [3.63, 3.8) is 0 Å². The molecule has 0 unspecified atom stereocenters. The van der Waals surface area contributed by atoms with E-state index in [1.54, 1.807) is 6.07 Å². The third-order valence-corrected chi connectivity index (χ3v) is 3.19. The number of carboxylic acid groups (broad SMARTS) is 1. The number of nitrogens with one attached hydrogen (secondary N) is 2. The van der Waals surface area contributed by atoms with Crippen molar-refractivity contribution in [3.8, 4) is 6.07 Å². The van der Waals surface area contributed by atoms with Crippen LogP contribution >= 0.6 is 0 Å². The summed E-state index contributed by atoms with van der Waals surface area (Å²) in [6.07, 6.45) is 1.16. The van der Waals surface area contributed by atoms with Crippen molar-refractivity contribution in [2.45, 2.75) is 0 Å². The first kappa shape index (κ1) is 18.2. The minimum atomic E-state index is -1.07. The number of carbonyl (C=O) groups is 2. The van der Waals surface area contributed by atoms with Crippen LogP contribution in [0.2, 0.25) is 0 Å². The summed E-state index contributed by atoms with van der Waals surface area (Å²) in [4.78, 5) is 33.0. The lowest BCUT2D eigenvalue weighted by atomic mass is 10.2. The van der Waals surface area contributed by atoms with Crippen molar-refractivity contribution < 1.29 is 19.6 Å². The average molecular weight is 352 g/mol. The first-order valence-corrected chi connectivity index (χ1v) is 7.16. The zero-order valence-electron chi connectivity index (χ0n) is 13.2. The predicted molar refractivity (Wildman–Crippen MR) is 92.4 cm³/mol. The van der Waals surface area contributed by atoms with Crippen molar-refractivity contribution in [3.05, 3.63) is 76.0 Å². The Labute approximate surface area is 147 Å². The number of nitrogens with zero attached hydrogens (tertiary/aromatic N) is 2. The van der Waals surface area contributed by atoms with Crippen LogP contribution in [0.25, 0.3) is 0 Å². The molecule has 2 rings (SSSR count). The van der Waals surface area contributed by atoms with E-state index in [1.165, 1.54) is 48.5 Å². The van der Waals surface area contributed by atoms with Crippen LogP contribution in [0.1, 0.15) is 10.4 Å². The van der Waals surface area contributed by atoms with Gasteiger partial charge in [-0.1, -0.05) is 6.07 Å². The molecule has 9 heteroatoms. The molecule has 0 heterocycles. The van der Waals surface area contributed by atoms with E-state index in [9.17, 15) is 19.7 Å². The molecule has 9 nitrogen and oxygen atoms in total. The van der Waals surface area contributed by atoms with Crippen molar-refractivity contribution in [1.82, 2.24) is 0 Å². The zero-order valence-corrected chi connectivity index (χ0v) is 13.2. The Morgan fingerprint density at radius 2 is 1.85 bits per heavy atom. The summed E-state index contributed by atoms with van der Waals surface area (Å²) in [5.74, 6) is -1.82. The van der Waals surface area contributed by atoms with Gasteiger partial charge in [0.1, 0.15) is 11.6 Å². The van der Waals surface area contributed by atoms with Crippen molar-refractivity contribution in [2.24, 2.45) is 0 Å². The van der Waals surface area contributed by atoms with E-state index in [-0.39, 0.29) is 22.5 Å². The Morgan fingerprint density at radius 3 is 2.42 bits per heavy atom. The van der Waals surface area contributed by atoms with Gasteiger partial charge in [-0.3, -0.25) is 14.9 Å². The summed E-state index contributed by atoms with van der Waals surface area (Å²) >= 11 is 0. The predicted octanol–water partition coefficient (Wildman–Crippen LogP) is 2.75. The van der Waals surface area contributed by atoms with Gasteiger partial charge in [-0.2, -0.15) is 5.26 Å². The first-order valence-electron chi connectivity index (χ1n) is 7.16. The average Bonchev–Trinajstić information content (AvgIpc) is 2.62. The molecule has 0 aliphatic rings. The lowest BCUT2D eigenvalue weighted by Crippen LogP contribution is -2.14. The van der Waals surface area contributed by atoms with Crippen LogP contribution in [0.15, 0.2) is 60.3 Å². The van der Waals surface area contributed by atoms with E-state index in [1.807, 2.05) is 0 Å². The second-order valence-electron chi connectivity index (χ2n) is 4.96. The summed E-state index contributed by atoms with van der Waals surface area (Å²) in [6, 6.07) is 12.7. The van der Waals surface area contributed by atoms with Gasteiger partial charge in [0.25, 0.3) is 11.6 Å². The minimum Gasteiger partial charge on any atom is -0.478 e. The van der Waals surface area contributed by atoms with E-state index in [0.717, 1.165) is 6.20 Å². The monoisotopic (exact) mass is 352 g/mol. The number of nitro groups is 1. The van der Waals surface area contributed by atoms with Crippen LogP contribution in [-0.2, 0) is 4.79 Å². The molecule has 130 valence electrons. The SMILES string of the molecule is N#C/C(=C/Nc1ccc(C(=O)O)cc1)C(=O)Nc1cccc([N+](=O)[O-])c1. The molecular weight excluding hydrogens is 340 g/mol. The smallest absolute Gasteiger partial charge is 0.335 e. The van der Waals surface area contributed by atoms with Gasteiger partial charge in [0.15, 0.2) is 0 Å². The van der Waals surface area contributed by atoms with Gasteiger partial charge < -0.3 is 15.7 Å². The summed E-state index contributed by atoms with van der Waals surface area (Å²) in [7, 11) is 0. The molecule has 0 atom stereocenters. The fraction of sp³-hybridized carbons (Fsp3) is 0. The molecule has 0 saturated heterocycles. The fourth-order valence-corrected chi connectivity index (χ4v) is 1.91. The first-order chi connectivity index (χ1) is 12.4. The summed E-state index contributed by atoms with van der Waals surface area (Å²) in [5.41, 5.74) is 0.297. The number of aromatic carboxylic acids is 1. The lowest BCUT2D eigenvalue weighted by Gasteiger charge is -2.05. The Morgan fingerprint density at radius 1 is 1.15 bits per heavy atom. The van der Waals surface area contributed by atoms with Gasteiger partial charge in [0.2, 0.25) is 0 Å². The molecule has 0 spiro atoms. The largest absolute Gasteiger partial charge is 0.478 e. The van der Waals surface area contributed by atoms with E-state index in [4.69, 9.17) is 10.4 Å². The number of non-ortho nitro benzene ring substituents is 1. The molecule has 0 radical (unpaired) electrons. The van der Waals surface area contributed by atoms with Crippen molar-refractivity contribution in [1.29, 1.82) is 5.26 Å². The van der Waals surface area contributed by atoms with Gasteiger partial charge in [-0.25, -0.2) is 4.79 Å². The van der Waals surface area contributed by atoms with Gasteiger partial charge in [0.05, 0.1) is 10.5 Å². The lowest BCUT2D eigenvalue weighted by molar-refractivity contribution is -0.384. The quantitative estimate of drug-likeness (QED) is 0.313. The molecule has 2 aromatic carbocycles. The second-order valence-corrected chi connectivity index (χ2v) is 4.96. The molecule has 0 aliphatic heterocycles. The molecule has 0 saturated carbocycles. The van der Waals surface area contributed by atoms with Crippen LogP contribution in [0.5, 0.6) is 0 Å². The highest BCUT2D eigenvalue weighted by Crippen LogP contribution is 2.17. The molecule has 1 amide bonds. The number of hydrogen-bond donors (Lipinski definition) is 3. The highest BCUT2D eigenvalue weighted by Gasteiger charge is 2.12. The minimum absolute atomic E-state index is 0.100. The van der Waals surface area contributed by atoms with Crippen LogP contribution in [0, 0.1) is 21.4 Å². The van der Waals surface area contributed by atoms with Crippen LogP contribution in [-0.4, -0.2) is 21.9 Å². The molecule has 0 aliphatic carbocycles. The summed E-state index contributed by atoms with van der Waals surface area (Å²) in [5, 5.41) is 33.8. The molecule has 26 heavy (non-hydrogen) atoms. The number of rotatable bonds is 6. The number of benzene rings is 2. The van der Waals surface area contributed by atoms with Gasteiger partial charge in [-0.15, -0.1) is 0 Å². The Bertz CT molecular complexity index is 929. The Kier molecular flexibility index (Phi) is 5.63. The van der Waals surface area contributed by atoms with E-state index in [0.29, 0.717) is 5.69 Å². The van der Waals surface area contributed by atoms with E-state index >= 15 is 0 Å². The number of carboxylic acids is 1. The molecule has 3 N–H and O–H groups in total. The van der Waals surface area contributed by atoms with Crippen LogP contribution in [0.3, 0.4) is 0 Å². The number of hydrogen-bond acceptors (Lipinski definition) is 6. The van der Waals surface area contributed by atoms with Gasteiger partial charge >= 0.3 is 5.97 Å². The molecule has 0 bridgehead atoms. The van der Waals surface area contributed by atoms with Crippen LogP contribution < -0.4 is 10.6 Å². The Hall–Kier alpha value is -4.19. The standard InChI is InChI=1S/C17H12N4O5/c18-9-12(10-19-13-6-4-11(5-7-13)17(23)24)16(22)20-14-2-1-3-15(8-14)21(25)26/h1-8,10,19H,(H,20,22)(H,23,24)/b12-10-. The third-order valence-electron chi connectivity index (χ3n) is 3.19. The number of anilines is 2. The van der Waals surface area contributed by atoms with E-state index < -0.39 is 16.8 Å².